The lowest BCUT2D eigenvalue weighted by molar-refractivity contribution is -0.137. The summed E-state index contributed by atoms with van der Waals surface area (Å²) in [5, 5.41) is 27.0. The molecule has 1 aromatic rings. The SMILES string of the molecule is N#Cc1cc(Cl)c(O)c(Cl)c1CCCC(=O)O. The van der Waals surface area contributed by atoms with E-state index >= 15 is 0 Å². The van der Waals surface area contributed by atoms with E-state index in [1.807, 2.05) is 6.07 Å². The number of aromatic hydroxyl groups is 1. The van der Waals surface area contributed by atoms with Gasteiger partial charge in [-0.3, -0.25) is 4.79 Å². The van der Waals surface area contributed by atoms with Gasteiger partial charge in [-0.2, -0.15) is 5.26 Å². The van der Waals surface area contributed by atoms with Gasteiger partial charge in [-0.25, -0.2) is 0 Å². The number of nitrogens with zero attached hydrogens (tertiary/aromatic N) is 1. The molecule has 0 fully saturated rings. The number of rotatable bonds is 4. The number of nitriles is 1. The number of halogens is 2. The zero-order chi connectivity index (χ0) is 13.0. The fourth-order valence-corrected chi connectivity index (χ4v) is 1.96. The Hall–Kier alpha value is -1.44. The second-order valence-electron chi connectivity index (χ2n) is 3.41. The minimum Gasteiger partial charge on any atom is -0.505 e. The average molecular weight is 274 g/mol. The van der Waals surface area contributed by atoms with E-state index < -0.39 is 5.97 Å². The molecule has 1 rings (SSSR count). The number of carbonyl (C=O) groups is 1. The molecule has 1 aromatic carbocycles. The minimum atomic E-state index is -0.919. The molecule has 0 aromatic heterocycles. The molecule has 0 aliphatic carbocycles. The molecule has 0 saturated carbocycles. The molecule has 6 heteroatoms. The standard InChI is InChI=1S/C11H9Cl2NO3/c12-8-4-6(5-14)7(10(13)11(8)17)2-1-3-9(15)16/h4,17H,1-3H2,(H,15,16). The minimum absolute atomic E-state index is 0.00790. The van der Waals surface area contributed by atoms with Crippen LogP contribution in [0.2, 0.25) is 10.0 Å². The molecule has 0 unspecified atom stereocenters. The van der Waals surface area contributed by atoms with E-state index in [1.54, 1.807) is 0 Å². The topological polar surface area (TPSA) is 81.3 Å². The van der Waals surface area contributed by atoms with Crippen LogP contribution in [-0.2, 0) is 11.2 Å². The van der Waals surface area contributed by atoms with Crippen molar-refractivity contribution in [3.05, 3.63) is 27.2 Å². The Morgan fingerprint density at radius 3 is 2.65 bits per heavy atom. The van der Waals surface area contributed by atoms with Gasteiger partial charge in [-0.05, 0) is 24.5 Å². The quantitative estimate of drug-likeness (QED) is 0.884. The van der Waals surface area contributed by atoms with Crippen molar-refractivity contribution in [3.8, 4) is 11.8 Å². The summed E-state index contributed by atoms with van der Waals surface area (Å²) in [4.78, 5) is 10.4. The number of hydrogen-bond acceptors (Lipinski definition) is 3. The lowest BCUT2D eigenvalue weighted by atomic mass is 10.0. The van der Waals surface area contributed by atoms with Gasteiger partial charge >= 0.3 is 5.97 Å². The molecule has 0 radical (unpaired) electrons. The van der Waals surface area contributed by atoms with E-state index in [2.05, 4.69) is 0 Å². The third kappa shape index (κ3) is 3.26. The first kappa shape index (κ1) is 13.6. The molecule has 0 heterocycles. The van der Waals surface area contributed by atoms with Gasteiger partial charge < -0.3 is 10.2 Å². The molecule has 0 bridgehead atoms. The van der Waals surface area contributed by atoms with Crippen LogP contribution in [0.4, 0.5) is 0 Å². The molecule has 90 valence electrons. The Morgan fingerprint density at radius 2 is 2.12 bits per heavy atom. The molecule has 0 amide bonds. The van der Waals surface area contributed by atoms with Gasteiger partial charge in [-0.1, -0.05) is 23.2 Å². The van der Waals surface area contributed by atoms with Crippen molar-refractivity contribution < 1.29 is 15.0 Å². The molecule has 0 aliphatic heterocycles. The maximum Gasteiger partial charge on any atom is 0.303 e. The van der Waals surface area contributed by atoms with E-state index in [4.69, 9.17) is 33.6 Å². The average Bonchev–Trinajstić information content (AvgIpc) is 2.28. The summed E-state index contributed by atoms with van der Waals surface area (Å²) in [6.07, 6.45) is 0.619. The van der Waals surface area contributed by atoms with Gasteiger partial charge in [0.25, 0.3) is 0 Å². The Labute approximate surface area is 108 Å². The molecule has 0 aliphatic rings. The van der Waals surface area contributed by atoms with Crippen LogP contribution in [0.5, 0.6) is 5.75 Å². The largest absolute Gasteiger partial charge is 0.505 e. The maximum atomic E-state index is 10.4. The highest BCUT2D eigenvalue weighted by Crippen LogP contribution is 2.37. The Bertz CT molecular complexity index is 494. The molecule has 17 heavy (non-hydrogen) atoms. The van der Waals surface area contributed by atoms with Crippen molar-refractivity contribution in [3.63, 3.8) is 0 Å². The van der Waals surface area contributed by atoms with E-state index in [-0.39, 0.29) is 27.8 Å². The van der Waals surface area contributed by atoms with Crippen LogP contribution < -0.4 is 0 Å². The molecule has 0 saturated heterocycles. The van der Waals surface area contributed by atoms with Crippen molar-refractivity contribution >= 4 is 29.2 Å². The lowest BCUT2D eigenvalue weighted by Gasteiger charge is -2.09. The first-order valence-electron chi connectivity index (χ1n) is 4.79. The summed E-state index contributed by atoms with van der Waals surface area (Å²) in [5.41, 5.74) is 0.681. The lowest BCUT2D eigenvalue weighted by Crippen LogP contribution is -1.98. The Kier molecular flexibility index (Phi) is 4.62. The summed E-state index contributed by atoms with van der Waals surface area (Å²) in [5.74, 6) is -1.20. The Balaban J connectivity index is 3.02. The van der Waals surface area contributed by atoms with Gasteiger partial charge in [-0.15, -0.1) is 0 Å². The first-order chi connectivity index (χ1) is 7.97. The van der Waals surface area contributed by atoms with Crippen LogP contribution in [0.3, 0.4) is 0 Å². The fourth-order valence-electron chi connectivity index (χ4n) is 1.41. The monoisotopic (exact) mass is 273 g/mol. The van der Waals surface area contributed by atoms with Gasteiger partial charge in [0.05, 0.1) is 21.7 Å². The second kappa shape index (κ2) is 5.76. The maximum absolute atomic E-state index is 10.4. The van der Waals surface area contributed by atoms with Crippen LogP contribution in [0.1, 0.15) is 24.0 Å². The van der Waals surface area contributed by atoms with E-state index in [1.165, 1.54) is 6.07 Å². The Morgan fingerprint density at radius 1 is 1.47 bits per heavy atom. The normalized spacial score (nSPS) is 9.94. The predicted octanol–water partition coefficient (Wildman–Crippen LogP) is 2.98. The zero-order valence-electron chi connectivity index (χ0n) is 8.70. The van der Waals surface area contributed by atoms with E-state index in [0.29, 0.717) is 18.4 Å². The van der Waals surface area contributed by atoms with Crippen molar-refractivity contribution in [1.82, 2.24) is 0 Å². The molecule has 0 spiro atoms. The predicted molar refractivity (Wildman–Crippen MR) is 63.4 cm³/mol. The fraction of sp³-hybridized carbons (Fsp3) is 0.273. The summed E-state index contributed by atoms with van der Waals surface area (Å²) in [6.45, 7) is 0. The van der Waals surface area contributed by atoms with E-state index in [0.717, 1.165) is 0 Å². The van der Waals surface area contributed by atoms with Gasteiger partial charge in [0.15, 0.2) is 5.75 Å². The molecule has 4 nitrogen and oxygen atoms in total. The van der Waals surface area contributed by atoms with Crippen LogP contribution in [0.25, 0.3) is 0 Å². The highest BCUT2D eigenvalue weighted by molar-refractivity contribution is 6.37. The van der Waals surface area contributed by atoms with Crippen LogP contribution in [0, 0.1) is 11.3 Å². The third-order valence-electron chi connectivity index (χ3n) is 2.23. The highest BCUT2D eigenvalue weighted by Gasteiger charge is 2.15. The van der Waals surface area contributed by atoms with Crippen LogP contribution >= 0.6 is 23.2 Å². The number of benzene rings is 1. The van der Waals surface area contributed by atoms with Crippen LogP contribution in [0.15, 0.2) is 6.07 Å². The summed E-state index contributed by atoms with van der Waals surface area (Å²) < 4.78 is 0. The number of phenols is 1. The number of aliphatic carboxylic acids is 1. The molecule has 0 atom stereocenters. The summed E-state index contributed by atoms with van der Waals surface area (Å²) in [7, 11) is 0. The first-order valence-corrected chi connectivity index (χ1v) is 5.54. The number of carboxylic acid groups (broad SMARTS) is 1. The molecular formula is C11H9Cl2NO3. The van der Waals surface area contributed by atoms with E-state index in [9.17, 15) is 9.90 Å². The smallest absolute Gasteiger partial charge is 0.303 e. The number of phenolic OH excluding ortho intramolecular Hbond substituents is 1. The van der Waals surface area contributed by atoms with Crippen molar-refractivity contribution in [2.45, 2.75) is 19.3 Å². The van der Waals surface area contributed by atoms with Gasteiger partial charge in [0.1, 0.15) is 0 Å². The van der Waals surface area contributed by atoms with Crippen molar-refractivity contribution in [2.75, 3.05) is 0 Å². The molecule has 2 N–H and O–H groups in total. The van der Waals surface area contributed by atoms with Crippen molar-refractivity contribution in [2.24, 2.45) is 0 Å². The summed E-state index contributed by atoms with van der Waals surface area (Å²) >= 11 is 11.5. The number of hydrogen-bond donors (Lipinski definition) is 2. The number of carboxylic acids is 1. The van der Waals surface area contributed by atoms with Gasteiger partial charge in [0.2, 0.25) is 0 Å². The molecular weight excluding hydrogens is 265 g/mol. The summed E-state index contributed by atoms with van der Waals surface area (Å²) in [6, 6.07) is 3.23. The van der Waals surface area contributed by atoms with Crippen LogP contribution in [-0.4, -0.2) is 16.2 Å². The van der Waals surface area contributed by atoms with Gasteiger partial charge in [0, 0.05) is 6.42 Å². The van der Waals surface area contributed by atoms with Crippen molar-refractivity contribution in [1.29, 1.82) is 5.26 Å². The zero-order valence-corrected chi connectivity index (χ0v) is 10.2. The highest BCUT2D eigenvalue weighted by atomic mass is 35.5. The second-order valence-corrected chi connectivity index (χ2v) is 4.19. The third-order valence-corrected chi connectivity index (χ3v) is 2.93.